The number of methoxy groups -OCH3 is 1. The zero-order valence-electron chi connectivity index (χ0n) is 10.7. The molecule has 0 heterocycles. The largest absolute Gasteiger partial charge is 0.409 e. The van der Waals surface area contributed by atoms with Gasteiger partial charge in [-0.1, -0.05) is 5.16 Å². The molecule has 0 spiro atoms. The second kappa shape index (κ2) is 9.82. The summed E-state index contributed by atoms with van der Waals surface area (Å²) in [6.45, 7) is 1.27. The van der Waals surface area contributed by atoms with Gasteiger partial charge in [0.2, 0.25) is 0 Å². The summed E-state index contributed by atoms with van der Waals surface area (Å²) in [5, 5.41) is 13.3. The highest BCUT2D eigenvalue weighted by molar-refractivity contribution is 5.83. The Morgan fingerprint density at radius 3 is 2.58 bits per heavy atom. The van der Waals surface area contributed by atoms with Crippen molar-refractivity contribution in [3.05, 3.63) is 0 Å². The van der Waals surface area contributed by atoms with Gasteiger partial charge < -0.3 is 25.7 Å². The SMILES string of the molecule is COCCOCCCNCC(C(N)=NO)C(F)(F)F. The number of rotatable bonds is 10. The predicted octanol–water partition coefficient (Wildman–Crippen LogP) is 0.554. The fourth-order valence-electron chi connectivity index (χ4n) is 1.25. The Hall–Kier alpha value is -1.06. The average molecular weight is 287 g/mol. The van der Waals surface area contributed by atoms with Crippen LogP contribution in [-0.2, 0) is 9.47 Å². The number of nitrogens with zero attached hydrogens (tertiary/aromatic N) is 1. The second-order valence-corrected chi connectivity index (χ2v) is 3.78. The first-order valence-corrected chi connectivity index (χ1v) is 5.75. The lowest BCUT2D eigenvalue weighted by Gasteiger charge is -2.19. The van der Waals surface area contributed by atoms with E-state index in [0.717, 1.165) is 0 Å². The van der Waals surface area contributed by atoms with Crippen LogP contribution in [0.3, 0.4) is 0 Å². The summed E-state index contributed by atoms with van der Waals surface area (Å²) >= 11 is 0. The van der Waals surface area contributed by atoms with Crippen LogP contribution in [0.5, 0.6) is 0 Å². The van der Waals surface area contributed by atoms with Gasteiger partial charge in [-0.2, -0.15) is 13.2 Å². The fourth-order valence-corrected chi connectivity index (χ4v) is 1.25. The zero-order valence-corrected chi connectivity index (χ0v) is 10.7. The molecule has 0 saturated carbocycles. The van der Waals surface area contributed by atoms with E-state index in [1.54, 1.807) is 7.11 Å². The predicted molar refractivity (Wildman–Crippen MR) is 63.1 cm³/mol. The van der Waals surface area contributed by atoms with E-state index < -0.39 is 24.5 Å². The van der Waals surface area contributed by atoms with Gasteiger partial charge in [-0.3, -0.25) is 0 Å². The molecule has 4 N–H and O–H groups in total. The standard InChI is InChI=1S/C10H20F3N3O3/c1-18-5-6-19-4-2-3-15-7-8(9(14)16-17)10(11,12)13/h8,15,17H,2-7H2,1H3,(H2,14,16). The van der Waals surface area contributed by atoms with E-state index in [4.69, 9.17) is 20.4 Å². The molecule has 0 amide bonds. The van der Waals surface area contributed by atoms with Crippen molar-refractivity contribution < 1.29 is 27.9 Å². The molecule has 1 atom stereocenters. The summed E-state index contributed by atoms with van der Waals surface area (Å²) in [4.78, 5) is 0. The summed E-state index contributed by atoms with van der Waals surface area (Å²) in [5.41, 5.74) is 5.00. The van der Waals surface area contributed by atoms with Crippen molar-refractivity contribution in [1.82, 2.24) is 5.32 Å². The minimum Gasteiger partial charge on any atom is -0.409 e. The number of hydrogen-bond acceptors (Lipinski definition) is 5. The number of halogens is 3. The Bertz CT molecular complexity index is 262. The van der Waals surface area contributed by atoms with Gasteiger partial charge in [0.1, 0.15) is 5.92 Å². The van der Waals surface area contributed by atoms with Gasteiger partial charge in [0.05, 0.1) is 13.2 Å². The Morgan fingerprint density at radius 1 is 1.37 bits per heavy atom. The minimum absolute atomic E-state index is 0.346. The molecule has 0 aromatic heterocycles. The van der Waals surface area contributed by atoms with Crippen LogP contribution >= 0.6 is 0 Å². The molecule has 0 rings (SSSR count). The van der Waals surface area contributed by atoms with E-state index >= 15 is 0 Å². The van der Waals surface area contributed by atoms with Crippen LogP contribution in [0.4, 0.5) is 13.2 Å². The van der Waals surface area contributed by atoms with E-state index in [-0.39, 0.29) is 0 Å². The van der Waals surface area contributed by atoms with Crippen LogP contribution in [0.25, 0.3) is 0 Å². The third kappa shape index (κ3) is 8.62. The lowest BCUT2D eigenvalue weighted by Crippen LogP contribution is -2.43. The molecule has 0 saturated heterocycles. The van der Waals surface area contributed by atoms with Crippen molar-refractivity contribution in [3.63, 3.8) is 0 Å². The molecule has 0 radical (unpaired) electrons. The molecule has 0 aliphatic rings. The molecule has 0 aliphatic heterocycles. The van der Waals surface area contributed by atoms with Gasteiger partial charge in [-0.25, -0.2) is 0 Å². The van der Waals surface area contributed by atoms with Crippen molar-refractivity contribution >= 4 is 5.84 Å². The topological polar surface area (TPSA) is 89.1 Å². The fraction of sp³-hybridized carbons (Fsp3) is 0.900. The van der Waals surface area contributed by atoms with Crippen molar-refractivity contribution in [3.8, 4) is 0 Å². The molecule has 1 unspecified atom stereocenters. The second-order valence-electron chi connectivity index (χ2n) is 3.78. The first-order valence-electron chi connectivity index (χ1n) is 5.75. The molecule has 0 bridgehead atoms. The minimum atomic E-state index is -4.54. The lowest BCUT2D eigenvalue weighted by molar-refractivity contribution is -0.154. The summed E-state index contributed by atoms with van der Waals surface area (Å²) in [7, 11) is 1.55. The summed E-state index contributed by atoms with van der Waals surface area (Å²) in [6.07, 6.45) is -3.98. The Balaban J connectivity index is 3.77. The van der Waals surface area contributed by atoms with Crippen LogP contribution < -0.4 is 11.1 Å². The molecule has 114 valence electrons. The smallest absolute Gasteiger partial charge is 0.400 e. The molecule has 9 heteroatoms. The monoisotopic (exact) mass is 287 g/mol. The van der Waals surface area contributed by atoms with Crippen LogP contribution in [0.1, 0.15) is 6.42 Å². The van der Waals surface area contributed by atoms with E-state index in [1.165, 1.54) is 0 Å². The van der Waals surface area contributed by atoms with Crippen molar-refractivity contribution in [2.75, 3.05) is 40.0 Å². The molecular weight excluding hydrogens is 267 g/mol. The molecule has 19 heavy (non-hydrogen) atoms. The molecular formula is C10H20F3N3O3. The average Bonchev–Trinajstić information content (AvgIpc) is 2.34. The van der Waals surface area contributed by atoms with Crippen molar-refractivity contribution in [1.29, 1.82) is 0 Å². The highest BCUT2D eigenvalue weighted by Gasteiger charge is 2.42. The van der Waals surface area contributed by atoms with Gasteiger partial charge >= 0.3 is 6.18 Å². The van der Waals surface area contributed by atoms with Crippen molar-refractivity contribution in [2.45, 2.75) is 12.6 Å². The van der Waals surface area contributed by atoms with E-state index in [1.807, 2.05) is 0 Å². The van der Waals surface area contributed by atoms with E-state index in [2.05, 4.69) is 10.5 Å². The molecule has 6 nitrogen and oxygen atoms in total. The highest BCUT2D eigenvalue weighted by Crippen LogP contribution is 2.25. The molecule has 0 aromatic rings. The number of oxime groups is 1. The van der Waals surface area contributed by atoms with Crippen LogP contribution in [-0.4, -0.2) is 57.2 Å². The summed E-state index contributed by atoms with van der Waals surface area (Å²) in [6, 6.07) is 0. The number of nitrogens with two attached hydrogens (primary N) is 1. The molecule has 0 fully saturated rings. The van der Waals surface area contributed by atoms with Gasteiger partial charge in [0, 0.05) is 20.3 Å². The van der Waals surface area contributed by atoms with Gasteiger partial charge in [0.25, 0.3) is 0 Å². The molecule has 0 aliphatic carbocycles. The number of alkyl halides is 3. The maximum Gasteiger partial charge on any atom is 0.400 e. The van der Waals surface area contributed by atoms with Gasteiger partial charge in [-0.15, -0.1) is 0 Å². The number of nitrogens with one attached hydrogen (secondary N) is 1. The van der Waals surface area contributed by atoms with Crippen LogP contribution in [0, 0.1) is 5.92 Å². The van der Waals surface area contributed by atoms with E-state index in [0.29, 0.717) is 32.8 Å². The van der Waals surface area contributed by atoms with Gasteiger partial charge in [-0.05, 0) is 13.0 Å². The van der Waals surface area contributed by atoms with Gasteiger partial charge in [0.15, 0.2) is 5.84 Å². The Kier molecular flexibility index (Phi) is 9.27. The van der Waals surface area contributed by atoms with Crippen molar-refractivity contribution in [2.24, 2.45) is 16.8 Å². The first kappa shape index (κ1) is 17.9. The first-order chi connectivity index (χ1) is 8.93. The van der Waals surface area contributed by atoms with E-state index in [9.17, 15) is 13.2 Å². The third-order valence-electron chi connectivity index (χ3n) is 2.29. The highest BCUT2D eigenvalue weighted by atomic mass is 19.4. The summed E-state index contributed by atoms with van der Waals surface area (Å²) < 4.78 is 47.5. The maximum atomic E-state index is 12.5. The van der Waals surface area contributed by atoms with Crippen LogP contribution in [0.15, 0.2) is 5.16 Å². The lowest BCUT2D eigenvalue weighted by atomic mass is 10.1. The number of ether oxygens (including phenoxy) is 2. The Labute approximate surface area is 109 Å². The quantitative estimate of drug-likeness (QED) is 0.179. The number of hydrogen-bond donors (Lipinski definition) is 3. The Morgan fingerprint density at radius 2 is 2.05 bits per heavy atom. The third-order valence-corrected chi connectivity index (χ3v) is 2.29. The zero-order chi connectivity index (χ0) is 14.7. The normalized spacial score (nSPS) is 14.6. The van der Waals surface area contributed by atoms with Crippen LogP contribution in [0.2, 0.25) is 0 Å². The molecule has 0 aromatic carbocycles. The summed E-state index contributed by atoms with van der Waals surface area (Å²) in [5.74, 6) is -2.84. The maximum absolute atomic E-state index is 12.5. The number of amidine groups is 1.